The largest absolute Gasteiger partial charge is 0.465 e. The fourth-order valence-corrected chi connectivity index (χ4v) is 3.22. The molecule has 0 aliphatic heterocycles. The summed E-state index contributed by atoms with van der Waals surface area (Å²) in [6, 6.07) is 8.61. The van der Waals surface area contributed by atoms with Crippen LogP contribution in [-0.2, 0) is 17.9 Å². The van der Waals surface area contributed by atoms with E-state index in [1.54, 1.807) is 4.68 Å². The predicted molar refractivity (Wildman–Crippen MR) is 101 cm³/mol. The number of carbonyl (C=O) groups is 2. The number of hydrogen-bond donors (Lipinski definition) is 3. The number of carbonyl (C=O) groups excluding carboxylic acids is 1. The maximum Gasteiger partial charge on any atom is 0.405 e. The van der Waals surface area contributed by atoms with Crippen LogP contribution in [0.15, 0.2) is 36.5 Å². The van der Waals surface area contributed by atoms with Gasteiger partial charge in [-0.3, -0.25) is 9.48 Å². The van der Waals surface area contributed by atoms with E-state index in [1.807, 2.05) is 36.5 Å². The molecule has 0 saturated heterocycles. The predicted octanol–water partition coefficient (Wildman–Crippen LogP) is 1.17. The van der Waals surface area contributed by atoms with Gasteiger partial charge in [-0.2, -0.15) is 0 Å². The molecule has 26 heavy (non-hydrogen) atoms. The molecule has 9 heteroatoms. The molecule has 0 bridgehead atoms. The van der Waals surface area contributed by atoms with Crippen LogP contribution in [0.25, 0.3) is 0 Å². The van der Waals surface area contributed by atoms with Gasteiger partial charge in [-0.15, -0.1) is 5.10 Å². The molecule has 8 nitrogen and oxygen atoms in total. The Hall–Kier alpha value is -2.68. The Bertz CT molecular complexity index is 742. The van der Waals surface area contributed by atoms with E-state index in [-0.39, 0.29) is 5.91 Å². The van der Waals surface area contributed by atoms with Crippen molar-refractivity contribution in [2.45, 2.75) is 45.2 Å². The van der Waals surface area contributed by atoms with Crippen LogP contribution in [0.4, 0.5) is 4.79 Å². The van der Waals surface area contributed by atoms with Crippen molar-refractivity contribution in [3.63, 3.8) is 0 Å². The first-order chi connectivity index (χ1) is 12.3. The molecule has 0 aliphatic rings. The second-order valence-electron chi connectivity index (χ2n) is 7.11. The monoisotopic (exact) mass is 375 g/mol. The Morgan fingerprint density at radius 2 is 1.92 bits per heavy atom. The Morgan fingerprint density at radius 1 is 1.23 bits per heavy atom. The Morgan fingerprint density at radius 3 is 2.50 bits per heavy atom. The summed E-state index contributed by atoms with van der Waals surface area (Å²) in [7, 11) is -1.55. The fraction of sp³-hybridized carbons (Fsp3) is 0.412. The summed E-state index contributed by atoms with van der Waals surface area (Å²) in [5, 5.41) is 23.3. The topological polar surface area (TPSA) is 109 Å². The van der Waals surface area contributed by atoms with Crippen LogP contribution in [0.1, 0.15) is 12.0 Å². The minimum absolute atomic E-state index is 0.293. The van der Waals surface area contributed by atoms with Gasteiger partial charge in [-0.1, -0.05) is 55.2 Å². The molecule has 140 valence electrons. The molecule has 0 saturated carbocycles. The second-order valence-corrected chi connectivity index (χ2v) is 12.1. The Kier molecular flexibility index (Phi) is 6.50. The zero-order chi connectivity index (χ0) is 19.2. The van der Waals surface area contributed by atoms with Crippen molar-refractivity contribution in [2.75, 3.05) is 0 Å². The van der Waals surface area contributed by atoms with Crippen molar-refractivity contribution in [3.8, 4) is 0 Å². The van der Waals surface area contributed by atoms with Crippen molar-refractivity contribution >= 4 is 25.4 Å². The summed E-state index contributed by atoms with van der Waals surface area (Å²) >= 11 is 0. The van der Waals surface area contributed by atoms with Crippen LogP contribution >= 0.6 is 0 Å². The lowest BCUT2D eigenvalue weighted by atomic mass is 10.1. The van der Waals surface area contributed by atoms with Crippen LogP contribution in [0.2, 0.25) is 19.6 Å². The van der Waals surface area contributed by atoms with Crippen molar-refractivity contribution < 1.29 is 14.7 Å². The summed E-state index contributed by atoms with van der Waals surface area (Å²) in [5.74, 6) is -0.359. The maximum atomic E-state index is 12.4. The average Bonchev–Trinajstić information content (AvgIpc) is 3.06. The number of rotatable bonds is 8. The van der Waals surface area contributed by atoms with E-state index in [0.29, 0.717) is 19.5 Å². The van der Waals surface area contributed by atoms with Gasteiger partial charge in [-0.25, -0.2) is 4.79 Å². The van der Waals surface area contributed by atoms with Gasteiger partial charge >= 0.3 is 6.09 Å². The van der Waals surface area contributed by atoms with Crippen molar-refractivity contribution in [3.05, 3.63) is 42.1 Å². The maximum absolute atomic E-state index is 12.4. The van der Waals surface area contributed by atoms with Crippen LogP contribution in [0, 0.1) is 0 Å². The highest BCUT2D eigenvalue weighted by Gasteiger charge is 2.23. The summed E-state index contributed by atoms with van der Waals surface area (Å²) < 4.78 is 1.66. The third kappa shape index (κ3) is 5.99. The van der Waals surface area contributed by atoms with E-state index in [1.165, 1.54) is 0 Å². The zero-order valence-electron chi connectivity index (χ0n) is 15.3. The quantitative estimate of drug-likeness (QED) is 0.600. The van der Waals surface area contributed by atoms with Gasteiger partial charge in [0.05, 0.1) is 5.32 Å². The molecule has 2 aromatic rings. The van der Waals surface area contributed by atoms with Crippen molar-refractivity contribution in [1.29, 1.82) is 0 Å². The lowest BCUT2D eigenvalue weighted by Crippen LogP contribution is -2.46. The van der Waals surface area contributed by atoms with Crippen LogP contribution in [0.5, 0.6) is 0 Å². The molecule has 2 amide bonds. The number of nitrogens with zero attached hydrogens (tertiary/aromatic N) is 3. The molecular weight excluding hydrogens is 350 g/mol. The molecule has 1 heterocycles. The van der Waals surface area contributed by atoms with E-state index >= 15 is 0 Å². The molecule has 0 aliphatic carbocycles. The molecule has 1 aromatic carbocycles. The number of nitrogens with one attached hydrogen (secondary N) is 2. The van der Waals surface area contributed by atoms with Gasteiger partial charge in [0.25, 0.3) is 0 Å². The van der Waals surface area contributed by atoms with Gasteiger partial charge in [-0.05, 0) is 12.0 Å². The number of aryl methyl sites for hydroxylation is 1. The van der Waals surface area contributed by atoms with Gasteiger partial charge in [0, 0.05) is 19.3 Å². The second kappa shape index (κ2) is 8.61. The first kappa shape index (κ1) is 19.6. The molecular formula is C17H25N5O3Si. The zero-order valence-corrected chi connectivity index (χ0v) is 16.3. The molecule has 2 rings (SSSR count). The summed E-state index contributed by atoms with van der Waals surface area (Å²) in [4.78, 5) is 23.4. The average molecular weight is 376 g/mol. The molecule has 0 radical (unpaired) electrons. The molecule has 0 spiro atoms. The van der Waals surface area contributed by atoms with Gasteiger partial charge in [0.1, 0.15) is 14.1 Å². The standard InChI is InChI=1S/C17H25N5O3Si/c1-26(2,3)15-12-22(21-20-15)10-9-14(19-17(24)25)16(23)18-11-13-7-5-4-6-8-13/h4-8,12,14,19H,9-11H2,1-3H3,(H,18,23)(H,24,25). The highest BCUT2D eigenvalue weighted by Crippen LogP contribution is 2.02. The minimum Gasteiger partial charge on any atom is -0.465 e. The normalized spacial score (nSPS) is 12.4. The van der Waals surface area contributed by atoms with E-state index in [4.69, 9.17) is 5.11 Å². The molecule has 1 aromatic heterocycles. The lowest BCUT2D eigenvalue weighted by molar-refractivity contribution is -0.123. The van der Waals surface area contributed by atoms with Gasteiger partial charge in [0.2, 0.25) is 5.91 Å². The smallest absolute Gasteiger partial charge is 0.405 e. The lowest BCUT2D eigenvalue weighted by Gasteiger charge is -2.16. The van der Waals surface area contributed by atoms with Crippen molar-refractivity contribution in [2.24, 2.45) is 0 Å². The Labute approximate surface area is 153 Å². The van der Waals surface area contributed by atoms with E-state index in [0.717, 1.165) is 10.9 Å². The van der Waals surface area contributed by atoms with E-state index in [9.17, 15) is 9.59 Å². The van der Waals surface area contributed by atoms with Crippen molar-refractivity contribution in [1.82, 2.24) is 25.6 Å². The first-order valence-electron chi connectivity index (χ1n) is 8.47. The minimum atomic E-state index is -1.55. The third-order valence-electron chi connectivity index (χ3n) is 3.88. The van der Waals surface area contributed by atoms with E-state index < -0.39 is 20.2 Å². The van der Waals surface area contributed by atoms with Gasteiger partial charge in [0.15, 0.2) is 0 Å². The number of hydrogen-bond acceptors (Lipinski definition) is 4. The molecule has 1 atom stereocenters. The first-order valence-corrected chi connectivity index (χ1v) is 12.0. The summed E-state index contributed by atoms with van der Waals surface area (Å²) in [6.45, 7) is 7.27. The molecule has 1 unspecified atom stereocenters. The molecule has 3 N–H and O–H groups in total. The SMILES string of the molecule is C[Si](C)(C)c1cn(CCC(NC(=O)O)C(=O)NCc2ccccc2)nn1. The fourth-order valence-electron chi connectivity index (χ4n) is 2.34. The van der Waals surface area contributed by atoms with E-state index in [2.05, 4.69) is 40.6 Å². The highest BCUT2D eigenvalue weighted by molar-refractivity contribution is 6.88. The molecule has 0 fully saturated rings. The number of carboxylic acid groups (broad SMARTS) is 1. The number of amides is 2. The van der Waals surface area contributed by atoms with Crippen LogP contribution < -0.4 is 16.0 Å². The van der Waals surface area contributed by atoms with Crippen LogP contribution in [0.3, 0.4) is 0 Å². The summed E-state index contributed by atoms with van der Waals surface area (Å²) in [6.07, 6.45) is 0.944. The highest BCUT2D eigenvalue weighted by atomic mass is 28.3. The van der Waals surface area contributed by atoms with Gasteiger partial charge < -0.3 is 15.7 Å². The summed E-state index contributed by atoms with van der Waals surface area (Å²) in [5.41, 5.74) is 0.950. The Balaban J connectivity index is 1.94. The van der Waals surface area contributed by atoms with Crippen LogP contribution in [-0.4, -0.2) is 46.2 Å². The third-order valence-corrected chi connectivity index (χ3v) is 5.64. The number of benzene rings is 1. The number of aromatic nitrogens is 3.